The van der Waals surface area contributed by atoms with Gasteiger partial charge in [-0.25, -0.2) is 9.78 Å². The summed E-state index contributed by atoms with van der Waals surface area (Å²) in [7, 11) is 0. The molecule has 2 aromatic heterocycles. The van der Waals surface area contributed by atoms with Crippen LogP contribution in [0.2, 0.25) is 0 Å². The quantitative estimate of drug-likeness (QED) is 0.791. The summed E-state index contributed by atoms with van der Waals surface area (Å²) in [5.74, 6) is -2.00. The lowest BCUT2D eigenvalue weighted by Crippen LogP contribution is -2.19. The van der Waals surface area contributed by atoms with Crippen LogP contribution in [-0.4, -0.2) is 23.3 Å². The highest BCUT2D eigenvalue weighted by molar-refractivity contribution is 7.13. The summed E-state index contributed by atoms with van der Waals surface area (Å²) in [4.78, 5) is 29.3. The summed E-state index contributed by atoms with van der Waals surface area (Å²) in [6.45, 7) is 3.24. The van der Waals surface area contributed by atoms with Crippen LogP contribution in [0, 0.1) is 25.2 Å². The molecular formula is C14H12N2O3S2. The van der Waals surface area contributed by atoms with Gasteiger partial charge in [0, 0.05) is 16.0 Å². The molecule has 2 rings (SSSR count). The summed E-state index contributed by atoms with van der Waals surface area (Å²) in [5, 5.41) is 11.3. The maximum Gasteiger partial charge on any atom is 0.348 e. The average Bonchev–Trinajstić information content (AvgIpc) is 3.06. The zero-order valence-electron chi connectivity index (χ0n) is 11.5. The number of aromatic nitrogens is 1. The van der Waals surface area contributed by atoms with Crippen LogP contribution >= 0.6 is 22.7 Å². The fourth-order valence-electron chi connectivity index (χ4n) is 1.61. The number of ether oxygens (including phenoxy) is 1. The van der Waals surface area contributed by atoms with Crippen molar-refractivity contribution < 1.29 is 14.3 Å². The number of hydrogen-bond acceptors (Lipinski definition) is 7. The SMILES string of the molecule is Cc1csc([C@@H](C#N)C(=O)COC(=O)c2ccc(C)s2)n1. The first-order chi connectivity index (χ1) is 10.0. The molecule has 0 aliphatic heterocycles. The van der Waals surface area contributed by atoms with Gasteiger partial charge < -0.3 is 4.74 Å². The van der Waals surface area contributed by atoms with Gasteiger partial charge in [-0.05, 0) is 26.0 Å². The maximum atomic E-state index is 12.0. The molecule has 21 heavy (non-hydrogen) atoms. The first-order valence-corrected chi connectivity index (χ1v) is 7.79. The molecule has 108 valence electrons. The zero-order chi connectivity index (χ0) is 15.4. The molecule has 5 nitrogen and oxygen atoms in total. The van der Waals surface area contributed by atoms with E-state index in [4.69, 9.17) is 10.00 Å². The number of nitrogens with zero attached hydrogens (tertiary/aromatic N) is 2. The Balaban J connectivity index is 1.97. The molecular weight excluding hydrogens is 308 g/mol. The van der Waals surface area contributed by atoms with Crippen LogP contribution in [0.25, 0.3) is 0 Å². The van der Waals surface area contributed by atoms with Crippen molar-refractivity contribution in [1.82, 2.24) is 4.98 Å². The number of aryl methyl sites for hydroxylation is 2. The number of thiazole rings is 1. The fourth-order valence-corrected chi connectivity index (χ4v) is 3.23. The van der Waals surface area contributed by atoms with Gasteiger partial charge in [0.05, 0.1) is 6.07 Å². The van der Waals surface area contributed by atoms with E-state index in [1.54, 1.807) is 24.4 Å². The van der Waals surface area contributed by atoms with Crippen molar-refractivity contribution >= 4 is 34.4 Å². The molecule has 0 saturated carbocycles. The van der Waals surface area contributed by atoms with E-state index in [0.29, 0.717) is 9.88 Å². The van der Waals surface area contributed by atoms with Crippen molar-refractivity contribution in [2.75, 3.05) is 6.61 Å². The largest absolute Gasteiger partial charge is 0.453 e. The normalized spacial score (nSPS) is 11.7. The van der Waals surface area contributed by atoms with Gasteiger partial charge in [0.25, 0.3) is 0 Å². The number of ketones is 1. The van der Waals surface area contributed by atoms with Crippen LogP contribution in [0.1, 0.15) is 31.2 Å². The van der Waals surface area contributed by atoms with Crippen molar-refractivity contribution in [3.8, 4) is 6.07 Å². The molecule has 0 spiro atoms. The minimum absolute atomic E-state index is 0.424. The van der Waals surface area contributed by atoms with Gasteiger partial charge in [0.2, 0.25) is 0 Å². The monoisotopic (exact) mass is 320 g/mol. The second kappa shape index (κ2) is 6.61. The Labute approximate surface area is 129 Å². The van der Waals surface area contributed by atoms with Crippen LogP contribution in [0.4, 0.5) is 0 Å². The maximum absolute atomic E-state index is 12.0. The van der Waals surface area contributed by atoms with Gasteiger partial charge in [-0.15, -0.1) is 22.7 Å². The Hall–Kier alpha value is -2.04. The van der Waals surface area contributed by atoms with E-state index < -0.39 is 24.3 Å². The fraction of sp³-hybridized carbons (Fsp3) is 0.286. The molecule has 2 heterocycles. The summed E-state index contributed by atoms with van der Waals surface area (Å²) < 4.78 is 4.96. The van der Waals surface area contributed by atoms with E-state index in [1.807, 2.05) is 13.0 Å². The Morgan fingerprint density at radius 2 is 2.19 bits per heavy atom. The highest BCUT2D eigenvalue weighted by atomic mass is 32.1. The third kappa shape index (κ3) is 3.74. The number of esters is 1. The Morgan fingerprint density at radius 3 is 2.71 bits per heavy atom. The third-order valence-corrected chi connectivity index (χ3v) is 4.63. The standard InChI is InChI=1S/C14H12N2O3S2/c1-8-7-20-13(16-8)10(5-15)11(17)6-19-14(18)12-4-3-9(2)21-12/h3-4,7,10H,6H2,1-2H3/t10-/m0/s1. The second-order valence-electron chi connectivity index (χ2n) is 4.34. The van der Waals surface area contributed by atoms with E-state index in [1.165, 1.54) is 22.7 Å². The molecule has 0 amide bonds. The molecule has 2 aromatic rings. The van der Waals surface area contributed by atoms with Crippen molar-refractivity contribution in [2.24, 2.45) is 0 Å². The summed E-state index contributed by atoms with van der Waals surface area (Å²) in [6.07, 6.45) is 0. The number of hydrogen-bond donors (Lipinski definition) is 0. The molecule has 0 aliphatic rings. The first kappa shape index (κ1) is 15.4. The van der Waals surface area contributed by atoms with E-state index >= 15 is 0 Å². The molecule has 0 aromatic carbocycles. The van der Waals surface area contributed by atoms with Gasteiger partial charge in [-0.1, -0.05) is 0 Å². The predicted octanol–water partition coefficient (Wildman–Crippen LogP) is 2.85. The van der Waals surface area contributed by atoms with Gasteiger partial charge in [-0.3, -0.25) is 4.79 Å². The molecule has 0 N–H and O–H groups in total. The van der Waals surface area contributed by atoms with Crippen molar-refractivity contribution in [3.05, 3.63) is 38.0 Å². The lowest BCUT2D eigenvalue weighted by Gasteiger charge is -2.05. The van der Waals surface area contributed by atoms with Crippen molar-refractivity contribution in [1.29, 1.82) is 5.26 Å². The van der Waals surface area contributed by atoms with E-state index in [0.717, 1.165) is 10.6 Å². The van der Waals surface area contributed by atoms with Crippen LogP contribution in [0.3, 0.4) is 0 Å². The predicted molar refractivity (Wildman–Crippen MR) is 79.6 cm³/mol. The molecule has 0 fully saturated rings. The lowest BCUT2D eigenvalue weighted by molar-refractivity contribution is -0.122. The number of Topliss-reactive ketones (excluding diaryl/α,β-unsaturated/α-hetero) is 1. The second-order valence-corrected chi connectivity index (χ2v) is 6.52. The Bertz CT molecular complexity index is 712. The number of carbonyl (C=O) groups excluding carboxylic acids is 2. The van der Waals surface area contributed by atoms with Crippen LogP contribution < -0.4 is 0 Å². The van der Waals surface area contributed by atoms with Gasteiger partial charge >= 0.3 is 5.97 Å². The highest BCUT2D eigenvalue weighted by Gasteiger charge is 2.24. The summed E-state index contributed by atoms with van der Waals surface area (Å²) in [6, 6.07) is 5.37. The highest BCUT2D eigenvalue weighted by Crippen LogP contribution is 2.21. The zero-order valence-corrected chi connectivity index (χ0v) is 13.1. The summed E-state index contributed by atoms with van der Waals surface area (Å²) in [5.41, 5.74) is 0.758. The van der Waals surface area contributed by atoms with E-state index in [9.17, 15) is 9.59 Å². The van der Waals surface area contributed by atoms with Gasteiger partial charge in [0.1, 0.15) is 9.88 Å². The molecule has 0 aliphatic carbocycles. The lowest BCUT2D eigenvalue weighted by atomic mass is 10.1. The number of nitriles is 1. The van der Waals surface area contributed by atoms with Gasteiger partial charge in [0.15, 0.2) is 18.3 Å². The molecule has 0 saturated heterocycles. The van der Waals surface area contributed by atoms with Crippen LogP contribution in [0.15, 0.2) is 17.5 Å². The van der Waals surface area contributed by atoms with E-state index in [2.05, 4.69) is 4.98 Å². The Morgan fingerprint density at radius 1 is 1.43 bits per heavy atom. The van der Waals surface area contributed by atoms with Crippen LogP contribution in [-0.2, 0) is 9.53 Å². The molecule has 0 radical (unpaired) electrons. The number of carbonyl (C=O) groups is 2. The molecule has 1 atom stereocenters. The first-order valence-electron chi connectivity index (χ1n) is 6.09. The number of thiophene rings is 1. The van der Waals surface area contributed by atoms with Crippen LogP contribution in [0.5, 0.6) is 0 Å². The molecule has 0 bridgehead atoms. The average molecular weight is 320 g/mol. The van der Waals surface area contributed by atoms with Crippen molar-refractivity contribution in [3.63, 3.8) is 0 Å². The van der Waals surface area contributed by atoms with E-state index in [-0.39, 0.29) is 0 Å². The Kier molecular flexibility index (Phi) is 4.83. The summed E-state index contributed by atoms with van der Waals surface area (Å²) >= 11 is 2.55. The topological polar surface area (TPSA) is 80.0 Å². The molecule has 0 unspecified atom stereocenters. The minimum atomic E-state index is -0.985. The third-order valence-electron chi connectivity index (χ3n) is 2.62. The smallest absolute Gasteiger partial charge is 0.348 e. The van der Waals surface area contributed by atoms with Gasteiger partial charge in [-0.2, -0.15) is 5.26 Å². The number of rotatable bonds is 5. The minimum Gasteiger partial charge on any atom is -0.453 e. The molecule has 7 heteroatoms. The van der Waals surface area contributed by atoms with Crippen molar-refractivity contribution in [2.45, 2.75) is 19.8 Å².